The van der Waals surface area contributed by atoms with Crippen LogP contribution in [0.5, 0.6) is 0 Å². The van der Waals surface area contributed by atoms with Crippen LogP contribution in [0.2, 0.25) is 0 Å². The van der Waals surface area contributed by atoms with Crippen molar-refractivity contribution in [1.29, 1.82) is 0 Å². The predicted octanol–water partition coefficient (Wildman–Crippen LogP) is 2.59. The summed E-state index contributed by atoms with van der Waals surface area (Å²) in [5.74, 6) is 0. The molecule has 58 valence electrons. The van der Waals surface area contributed by atoms with E-state index in [1.54, 1.807) is 0 Å². The van der Waals surface area contributed by atoms with Crippen LogP contribution >= 0.6 is 24.0 Å². The molecule has 0 aliphatic heterocycles. The molecule has 0 unspecified atom stereocenters. The number of hydrogen-bond donors (Lipinski definition) is 0. The number of thioether (sulfide) groups is 1. The van der Waals surface area contributed by atoms with Gasteiger partial charge in [0.05, 0.1) is 0 Å². The number of ether oxygens (including phenoxy) is 1. The first-order valence-electron chi connectivity index (χ1n) is 3.57. The lowest BCUT2D eigenvalue weighted by atomic mass is 10.3. The molecule has 1 nitrogen and oxygen atoms in total. The van der Waals surface area contributed by atoms with E-state index < -0.39 is 0 Å². The van der Waals surface area contributed by atoms with Gasteiger partial charge in [-0.1, -0.05) is 11.8 Å². The summed E-state index contributed by atoms with van der Waals surface area (Å²) in [5, 5.41) is 0. The third-order valence-electron chi connectivity index (χ3n) is 1.73. The smallest absolute Gasteiger partial charge is 0.219 e. The normalized spacial score (nSPS) is 19.3. The minimum atomic E-state index is 0.431. The van der Waals surface area contributed by atoms with Crippen LogP contribution in [-0.4, -0.2) is 16.7 Å². The minimum absolute atomic E-state index is 0.431. The fourth-order valence-corrected chi connectivity index (χ4v) is 1.56. The first-order chi connectivity index (χ1) is 4.83. The van der Waals surface area contributed by atoms with Crippen molar-refractivity contribution in [2.24, 2.45) is 0 Å². The zero-order chi connectivity index (χ0) is 7.40. The van der Waals surface area contributed by atoms with E-state index >= 15 is 0 Å². The topological polar surface area (TPSA) is 9.23 Å². The van der Waals surface area contributed by atoms with Crippen molar-refractivity contribution >= 4 is 28.4 Å². The van der Waals surface area contributed by atoms with E-state index in [0.29, 0.717) is 10.5 Å². The van der Waals surface area contributed by atoms with Crippen molar-refractivity contribution in [3.8, 4) is 0 Å². The summed E-state index contributed by atoms with van der Waals surface area (Å²) in [7, 11) is 0. The fraction of sp³-hybridized carbons (Fsp3) is 0.857. The Hall–Kier alpha value is 0.240. The van der Waals surface area contributed by atoms with Gasteiger partial charge in [0.1, 0.15) is 6.10 Å². The molecular weight excluding hydrogens is 164 g/mol. The monoisotopic (exact) mass is 176 g/mol. The molecule has 0 atom stereocenters. The molecule has 1 rings (SSSR count). The summed E-state index contributed by atoms with van der Waals surface area (Å²) in [6.07, 6.45) is 7.39. The summed E-state index contributed by atoms with van der Waals surface area (Å²) >= 11 is 6.45. The molecule has 3 heteroatoms. The highest BCUT2D eigenvalue weighted by Crippen LogP contribution is 2.22. The minimum Gasteiger partial charge on any atom is -0.475 e. The Bertz CT molecular complexity index is 119. The van der Waals surface area contributed by atoms with E-state index in [0.717, 1.165) is 0 Å². The van der Waals surface area contributed by atoms with Gasteiger partial charge in [-0.3, -0.25) is 0 Å². The lowest BCUT2D eigenvalue weighted by molar-refractivity contribution is 0.209. The number of thiocarbonyl (C=S) groups is 1. The van der Waals surface area contributed by atoms with Crippen LogP contribution in [0.3, 0.4) is 0 Å². The maximum absolute atomic E-state index is 5.45. The SMILES string of the molecule is CSC(=S)OC1CCCC1. The Labute approximate surface area is 71.5 Å². The molecule has 0 spiro atoms. The van der Waals surface area contributed by atoms with Gasteiger partial charge >= 0.3 is 0 Å². The molecule has 0 N–H and O–H groups in total. The summed E-state index contributed by atoms with van der Waals surface area (Å²) in [6.45, 7) is 0. The van der Waals surface area contributed by atoms with E-state index in [1.807, 2.05) is 6.26 Å². The van der Waals surface area contributed by atoms with Crippen LogP contribution in [0.15, 0.2) is 0 Å². The second kappa shape index (κ2) is 4.19. The molecular formula is C7H12OS2. The molecule has 10 heavy (non-hydrogen) atoms. The Morgan fingerprint density at radius 2 is 2.10 bits per heavy atom. The van der Waals surface area contributed by atoms with E-state index in [2.05, 4.69) is 0 Å². The Morgan fingerprint density at radius 1 is 1.50 bits per heavy atom. The molecule has 0 aromatic carbocycles. The van der Waals surface area contributed by atoms with Crippen molar-refractivity contribution in [2.45, 2.75) is 31.8 Å². The molecule has 1 aliphatic rings. The third kappa shape index (κ3) is 2.46. The zero-order valence-electron chi connectivity index (χ0n) is 6.13. The van der Waals surface area contributed by atoms with Gasteiger partial charge in [-0.25, -0.2) is 0 Å². The molecule has 0 amide bonds. The zero-order valence-corrected chi connectivity index (χ0v) is 7.76. The summed E-state index contributed by atoms with van der Waals surface area (Å²) < 4.78 is 6.16. The van der Waals surface area contributed by atoms with Crippen molar-refractivity contribution in [1.82, 2.24) is 0 Å². The summed E-state index contributed by atoms with van der Waals surface area (Å²) in [5.41, 5.74) is 0. The van der Waals surface area contributed by atoms with Crippen LogP contribution in [0.25, 0.3) is 0 Å². The lowest BCUT2D eigenvalue weighted by Gasteiger charge is -2.10. The number of rotatable bonds is 1. The molecule has 0 aromatic heterocycles. The Balaban J connectivity index is 2.17. The van der Waals surface area contributed by atoms with Crippen LogP contribution in [-0.2, 0) is 4.74 Å². The highest BCUT2D eigenvalue weighted by atomic mass is 32.2. The van der Waals surface area contributed by atoms with Gasteiger partial charge in [0.2, 0.25) is 4.38 Å². The van der Waals surface area contributed by atoms with E-state index in [9.17, 15) is 0 Å². The number of hydrogen-bond acceptors (Lipinski definition) is 3. The summed E-state index contributed by atoms with van der Waals surface area (Å²) in [6, 6.07) is 0. The van der Waals surface area contributed by atoms with E-state index in [4.69, 9.17) is 17.0 Å². The predicted molar refractivity (Wildman–Crippen MR) is 49.5 cm³/mol. The molecule has 0 bridgehead atoms. The van der Waals surface area contributed by atoms with Crippen molar-refractivity contribution in [3.63, 3.8) is 0 Å². The molecule has 0 aromatic rings. The third-order valence-corrected chi connectivity index (χ3v) is 2.76. The molecule has 0 saturated heterocycles. The first-order valence-corrected chi connectivity index (χ1v) is 5.21. The van der Waals surface area contributed by atoms with Gasteiger partial charge < -0.3 is 4.74 Å². The molecule has 1 aliphatic carbocycles. The Kier molecular flexibility index (Phi) is 3.49. The summed E-state index contributed by atoms with van der Waals surface area (Å²) in [4.78, 5) is 0. The van der Waals surface area contributed by atoms with Gasteiger partial charge in [-0.05, 0) is 44.2 Å². The fourth-order valence-electron chi connectivity index (χ4n) is 1.19. The maximum Gasteiger partial charge on any atom is 0.219 e. The van der Waals surface area contributed by atoms with Crippen LogP contribution in [0.1, 0.15) is 25.7 Å². The van der Waals surface area contributed by atoms with Crippen LogP contribution in [0, 0.1) is 0 Å². The molecule has 0 radical (unpaired) electrons. The van der Waals surface area contributed by atoms with Gasteiger partial charge in [0, 0.05) is 0 Å². The first kappa shape index (κ1) is 8.34. The largest absolute Gasteiger partial charge is 0.475 e. The second-order valence-electron chi connectivity index (χ2n) is 2.48. The standard InChI is InChI=1S/C7H12OS2/c1-10-7(9)8-6-4-2-3-5-6/h6H,2-5H2,1H3. The van der Waals surface area contributed by atoms with E-state index in [-0.39, 0.29) is 0 Å². The second-order valence-corrected chi connectivity index (χ2v) is 3.89. The van der Waals surface area contributed by atoms with Crippen LogP contribution < -0.4 is 0 Å². The van der Waals surface area contributed by atoms with Crippen LogP contribution in [0.4, 0.5) is 0 Å². The van der Waals surface area contributed by atoms with E-state index in [1.165, 1.54) is 37.4 Å². The van der Waals surface area contributed by atoms with Gasteiger partial charge in [-0.15, -0.1) is 0 Å². The average molecular weight is 176 g/mol. The molecule has 0 heterocycles. The van der Waals surface area contributed by atoms with Crippen molar-refractivity contribution < 1.29 is 4.74 Å². The van der Waals surface area contributed by atoms with Gasteiger partial charge in [0.25, 0.3) is 0 Å². The quantitative estimate of drug-likeness (QED) is 0.568. The van der Waals surface area contributed by atoms with Gasteiger partial charge in [-0.2, -0.15) is 0 Å². The Morgan fingerprint density at radius 3 is 2.60 bits per heavy atom. The average Bonchev–Trinajstić information content (AvgIpc) is 2.40. The molecule has 1 fully saturated rings. The molecule has 1 saturated carbocycles. The van der Waals surface area contributed by atoms with Crippen molar-refractivity contribution in [3.05, 3.63) is 0 Å². The maximum atomic E-state index is 5.45. The van der Waals surface area contributed by atoms with Crippen molar-refractivity contribution in [2.75, 3.05) is 6.26 Å². The lowest BCUT2D eigenvalue weighted by Crippen LogP contribution is -2.09. The highest BCUT2D eigenvalue weighted by molar-refractivity contribution is 8.22. The highest BCUT2D eigenvalue weighted by Gasteiger charge is 2.16. The van der Waals surface area contributed by atoms with Gasteiger partial charge in [0.15, 0.2) is 0 Å².